The van der Waals surface area contributed by atoms with Crippen LogP contribution in [-0.4, -0.2) is 39.8 Å². The first-order valence-corrected chi connectivity index (χ1v) is 5.35. The minimum Gasteiger partial charge on any atom is -0.276 e. The van der Waals surface area contributed by atoms with Crippen molar-refractivity contribution >= 4 is 28.9 Å². The molecule has 1 saturated heterocycles. The van der Waals surface area contributed by atoms with E-state index in [-0.39, 0.29) is 11.9 Å². The minimum absolute atomic E-state index is 0.266. The van der Waals surface area contributed by atoms with Gasteiger partial charge in [-0.05, 0) is 13.8 Å². The Balaban J connectivity index is 2.33. The number of carbonyl (C=O) groups is 2. The summed E-state index contributed by atoms with van der Waals surface area (Å²) < 4.78 is 0. The highest BCUT2D eigenvalue weighted by atomic mass is 32.2. The third-order valence-corrected chi connectivity index (χ3v) is 3.26. The highest BCUT2D eigenvalue weighted by Crippen LogP contribution is 2.27. The van der Waals surface area contributed by atoms with Crippen LogP contribution in [0.25, 0.3) is 0 Å². The van der Waals surface area contributed by atoms with Gasteiger partial charge in [0, 0.05) is 5.75 Å². The average Bonchev–Trinajstić information content (AvgIpc) is 2.61. The molecule has 0 bridgehead atoms. The highest BCUT2D eigenvalue weighted by molar-refractivity contribution is 8.14. The van der Waals surface area contributed by atoms with Gasteiger partial charge in [-0.15, -0.1) is 0 Å². The Morgan fingerprint density at radius 3 is 2.64 bits per heavy atom. The van der Waals surface area contributed by atoms with E-state index >= 15 is 0 Å². The number of amidine groups is 1. The van der Waals surface area contributed by atoms with Crippen LogP contribution in [0.2, 0.25) is 0 Å². The fourth-order valence-electron chi connectivity index (χ4n) is 1.45. The summed E-state index contributed by atoms with van der Waals surface area (Å²) in [6, 6.07) is -0.367. The van der Waals surface area contributed by atoms with Crippen molar-refractivity contribution in [3.8, 4) is 0 Å². The van der Waals surface area contributed by atoms with Gasteiger partial charge in [0.15, 0.2) is 5.17 Å². The van der Waals surface area contributed by atoms with Crippen molar-refractivity contribution in [3.05, 3.63) is 0 Å². The zero-order valence-corrected chi connectivity index (χ0v) is 8.85. The number of hydrogen-bond acceptors (Lipinski definition) is 4. The molecule has 2 heterocycles. The lowest BCUT2D eigenvalue weighted by atomic mass is 10.1. The van der Waals surface area contributed by atoms with Crippen molar-refractivity contribution < 1.29 is 9.59 Å². The number of amides is 3. The van der Waals surface area contributed by atoms with E-state index in [1.54, 1.807) is 13.8 Å². The maximum absolute atomic E-state index is 11.5. The number of imide groups is 1. The Kier molecular flexibility index (Phi) is 2.02. The molecule has 0 atom stereocenters. The number of rotatable bonds is 0. The lowest BCUT2D eigenvalue weighted by molar-refractivity contribution is -0.124. The number of nitrogens with one attached hydrogen (secondary N) is 1. The summed E-state index contributed by atoms with van der Waals surface area (Å²) in [5.74, 6) is 0.612. The third kappa shape index (κ3) is 1.21. The Labute approximate surface area is 85.9 Å². The lowest BCUT2D eigenvalue weighted by Gasteiger charge is -2.26. The van der Waals surface area contributed by atoms with E-state index in [2.05, 4.69) is 10.3 Å². The Hall–Kier alpha value is -1.04. The molecule has 0 unspecified atom stereocenters. The van der Waals surface area contributed by atoms with E-state index in [1.807, 2.05) is 0 Å². The number of nitrogens with zero attached hydrogens (tertiary/aromatic N) is 2. The Bertz CT molecular complexity index is 337. The largest absolute Gasteiger partial charge is 0.331 e. The first-order valence-electron chi connectivity index (χ1n) is 4.36. The van der Waals surface area contributed by atoms with Crippen LogP contribution in [0.1, 0.15) is 13.8 Å². The molecule has 0 spiro atoms. The van der Waals surface area contributed by atoms with Crippen LogP contribution in [0.15, 0.2) is 4.99 Å². The van der Waals surface area contributed by atoms with E-state index in [4.69, 9.17) is 0 Å². The molecule has 0 aromatic heterocycles. The summed E-state index contributed by atoms with van der Waals surface area (Å²) in [6.07, 6.45) is 0. The topological polar surface area (TPSA) is 61.8 Å². The van der Waals surface area contributed by atoms with E-state index in [9.17, 15) is 9.59 Å². The summed E-state index contributed by atoms with van der Waals surface area (Å²) >= 11 is 1.51. The van der Waals surface area contributed by atoms with Crippen LogP contribution >= 0.6 is 11.8 Å². The first-order chi connectivity index (χ1) is 6.53. The normalized spacial score (nSPS) is 25.3. The van der Waals surface area contributed by atoms with Gasteiger partial charge in [-0.1, -0.05) is 11.8 Å². The molecule has 1 N–H and O–H groups in total. The molecule has 6 heteroatoms. The predicted octanol–water partition coefficient (Wildman–Crippen LogP) is 0.420. The van der Waals surface area contributed by atoms with E-state index in [0.29, 0.717) is 11.7 Å². The maximum Gasteiger partial charge on any atom is 0.331 e. The van der Waals surface area contributed by atoms with Gasteiger partial charge in [0.1, 0.15) is 5.54 Å². The number of carbonyl (C=O) groups excluding carboxylic acids is 2. The monoisotopic (exact) mass is 213 g/mol. The third-order valence-electron chi connectivity index (χ3n) is 2.30. The van der Waals surface area contributed by atoms with Crippen molar-refractivity contribution in [3.63, 3.8) is 0 Å². The van der Waals surface area contributed by atoms with Gasteiger partial charge in [-0.3, -0.25) is 20.0 Å². The van der Waals surface area contributed by atoms with Crippen LogP contribution in [-0.2, 0) is 4.79 Å². The molecule has 0 aliphatic carbocycles. The molecular weight excluding hydrogens is 202 g/mol. The standard InChI is InChI=1S/C8H11N3O2S/c1-8(2)5(12)10-6(13)11(8)7-9-3-4-14-7/h3-4H2,1-2H3,(H,10,12,13). The zero-order chi connectivity index (χ0) is 10.3. The number of thioether (sulfide) groups is 1. The minimum atomic E-state index is -0.812. The molecule has 0 saturated carbocycles. The first kappa shape index (κ1) is 9.51. The molecule has 2 aliphatic rings. The average molecular weight is 213 g/mol. The fraction of sp³-hybridized carbons (Fsp3) is 0.625. The zero-order valence-electron chi connectivity index (χ0n) is 8.03. The second kappa shape index (κ2) is 2.98. The van der Waals surface area contributed by atoms with E-state index in [1.165, 1.54) is 16.7 Å². The van der Waals surface area contributed by atoms with Gasteiger partial charge in [0.2, 0.25) is 0 Å². The molecule has 1 fully saturated rings. The van der Waals surface area contributed by atoms with Crippen molar-refractivity contribution in [2.75, 3.05) is 12.3 Å². The van der Waals surface area contributed by atoms with Crippen molar-refractivity contribution in [1.29, 1.82) is 0 Å². The van der Waals surface area contributed by atoms with Crippen LogP contribution in [0.5, 0.6) is 0 Å². The molecule has 2 aliphatic heterocycles. The summed E-state index contributed by atoms with van der Waals surface area (Å²) in [5.41, 5.74) is -0.812. The number of urea groups is 1. The molecule has 0 aromatic carbocycles. The number of aliphatic imine (C=N–C) groups is 1. The second-order valence-electron chi connectivity index (χ2n) is 3.67. The summed E-state index contributed by atoms with van der Waals surface area (Å²) in [7, 11) is 0. The van der Waals surface area contributed by atoms with Gasteiger partial charge in [0.05, 0.1) is 6.54 Å². The van der Waals surface area contributed by atoms with Gasteiger partial charge in [-0.25, -0.2) is 4.79 Å². The second-order valence-corrected chi connectivity index (χ2v) is 4.73. The number of hydrogen-bond donors (Lipinski definition) is 1. The molecule has 0 radical (unpaired) electrons. The van der Waals surface area contributed by atoms with E-state index < -0.39 is 5.54 Å². The smallest absolute Gasteiger partial charge is 0.276 e. The quantitative estimate of drug-likeness (QED) is 0.593. The van der Waals surface area contributed by atoms with E-state index in [0.717, 1.165) is 5.75 Å². The molecule has 5 nitrogen and oxygen atoms in total. The van der Waals surface area contributed by atoms with Crippen molar-refractivity contribution in [2.24, 2.45) is 4.99 Å². The van der Waals surface area contributed by atoms with Crippen LogP contribution in [0.3, 0.4) is 0 Å². The van der Waals surface area contributed by atoms with Gasteiger partial charge in [0.25, 0.3) is 5.91 Å². The molecule has 14 heavy (non-hydrogen) atoms. The van der Waals surface area contributed by atoms with Gasteiger partial charge in [-0.2, -0.15) is 0 Å². The summed E-state index contributed by atoms with van der Waals surface area (Å²) in [6.45, 7) is 4.15. The Morgan fingerprint density at radius 1 is 1.50 bits per heavy atom. The maximum atomic E-state index is 11.5. The molecule has 76 valence electrons. The predicted molar refractivity (Wildman–Crippen MR) is 54.2 cm³/mol. The summed E-state index contributed by atoms with van der Waals surface area (Å²) in [5, 5.41) is 2.94. The fourth-order valence-corrected chi connectivity index (χ4v) is 2.43. The van der Waals surface area contributed by atoms with Crippen LogP contribution in [0.4, 0.5) is 4.79 Å². The molecular formula is C8H11N3O2S. The Morgan fingerprint density at radius 2 is 2.21 bits per heavy atom. The van der Waals surface area contributed by atoms with Gasteiger partial charge >= 0.3 is 6.03 Å². The van der Waals surface area contributed by atoms with Gasteiger partial charge < -0.3 is 0 Å². The SMILES string of the molecule is CC1(C)C(=O)NC(=O)N1C1=NCCS1. The highest BCUT2D eigenvalue weighted by Gasteiger charge is 2.48. The lowest BCUT2D eigenvalue weighted by Crippen LogP contribution is -2.46. The van der Waals surface area contributed by atoms with Crippen LogP contribution in [0, 0.1) is 0 Å². The summed E-state index contributed by atoms with van der Waals surface area (Å²) in [4.78, 5) is 28.6. The molecule has 0 aromatic rings. The van der Waals surface area contributed by atoms with Crippen molar-refractivity contribution in [1.82, 2.24) is 10.2 Å². The molecule has 2 rings (SSSR count). The molecule has 3 amide bonds. The van der Waals surface area contributed by atoms with Crippen LogP contribution < -0.4 is 5.32 Å². The van der Waals surface area contributed by atoms with Crippen molar-refractivity contribution in [2.45, 2.75) is 19.4 Å².